The van der Waals surface area contributed by atoms with Gasteiger partial charge in [0.25, 0.3) is 0 Å². The summed E-state index contributed by atoms with van der Waals surface area (Å²) in [7, 11) is 0. The molecular formula is C21H32N2O. The number of amides is 1. The lowest BCUT2D eigenvalue weighted by molar-refractivity contribution is -0.132. The van der Waals surface area contributed by atoms with Crippen LogP contribution in [0.3, 0.4) is 0 Å². The Hall–Kier alpha value is -1.35. The molecule has 0 aromatic heterocycles. The van der Waals surface area contributed by atoms with Gasteiger partial charge in [0, 0.05) is 25.0 Å². The molecule has 1 amide bonds. The zero-order valence-corrected chi connectivity index (χ0v) is 15.4. The topological polar surface area (TPSA) is 23.6 Å². The Morgan fingerprint density at radius 1 is 1.08 bits per heavy atom. The van der Waals surface area contributed by atoms with Crippen LogP contribution in [-0.2, 0) is 11.3 Å². The zero-order chi connectivity index (χ0) is 17.0. The van der Waals surface area contributed by atoms with Crippen LogP contribution in [0.2, 0.25) is 0 Å². The van der Waals surface area contributed by atoms with Gasteiger partial charge in [-0.1, -0.05) is 43.2 Å². The predicted molar refractivity (Wildman–Crippen MR) is 98.9 cm³/mol. The Morgan fingerprint density at radius 2 is 1.88 bits per heavy atom. The van der Waals surface area contributed by atoms with E-state index in [4.69, 9.17) is 0 Å². The molecule has 1 aromatic rings. The van der Waals surface area contributed by atoms with Gasteiger partial charge in [0.2, 0.25) is 5.91 Å². The van der Waals surface area contributed by atoms with Crippen LogP contribution in [0, 0.1) is 6.92 Å². The first-order valence-electron chi connectivity index (χ1n) is 9.71. The van der Waals surface area contributed by atoms with Crippen LogP contribution in [0.5, 0.6) is 0 Å². The highest BCUT2D eigenvalue weighted by molar-refractivity contribution is 5.79. The van der Waals surface area contributed by atoms with Crippen molar-refractivity contribution in [1.82, 2.24) is 9.80 Å². The fourth-order valence-electron chi connectivity index (χ4n) is 4.37. The van der Waals surface area contributed by atoms with Gasteiger partial charge >= 0.3 is 0 Å². The van der Waals surface area contributed by atoms with Crippen molar-refractivity contribution >= 4 is 5.91 Å². The zero-order valence-electron chi connectivity index (χ0n) is 15.4. The Bertz CT molecular complexity index is 553. The molecule has 0 aliphatic carbocycles. The first kappa shape index (κ1) is 17.5. The summed E-state index contributed by atoms with van der Waals surface area (Å²) in [6.45, 7) is 8.74. The Morgan fingerprint density at radius 3 is 2.62 bits per heavy atom. The molecule has 0 radical (unpaired) electrons. The molecular weight excluding hydrogens is 296 g/mol. The minimum absolute atomic E-state index is 0.114. The van der Waals surface area contributed by atoms with Gasteiger partial charge in [0.1, 0.15) is 0 Å². The third-order valence-electron chi connectivity index (χ3n) is 5.98. The third-order valence-corrected chi connectivity index (χ3v) is 5.98. The fraction of sp³-hybridized carbons (Fsp3) is 0.667. The van der Waals surface area contributed by atoms with Gasteiger partial charge < -0.3 is 9.80 Å². The molecule has 1 spiro atoms. The molecule has 1 atom stereocenters. The van der Waals surface area contributed by atoms with Gasteiger partial charge in [0.05, 0.1) is 0 Å². The molecule has 3 nitrogen and oxygen atoms in total. The summed E-state index contributed by atoms with van der Waals surface area (Å²) >= 11 is 0. The van der Waals surface area contributed by atoms with E-state index in [1.165, 1.54) is 49.9 Å². The van der Waals surface area contributed by atoms with E-state index in [0.29, 0.717) is 5.91 Å². The number of hydrogen-bond acceptors (Lipinski definition) is 2. The minimum atomic E-state index is 0.114. The highest BCUT2D eigenvalue weighted by Gasteiger charge is 2.45. The molecule has 0 bridgehead atoms. The maximum atomic E-state index is 12.6. The molecule has 24 heavy (non-hydrogen) atoms. The van der Waals surface area contributed by atoms with Crippen LogP contribution >= 0.6 is 0 Å². The molecule has 3 heteroatoms. The Kier molecular flexibility index (Phi) is 5.60. The van der Waals surface area contributed by atoms with Gasteiger partial charge in [0.15, 0.2) is 0 Å². The van der Waals surface area contributed by atoms with Crippen molar-refractivity contribution in [1.29, 1.82) is 0 Å². The summed E-state index contributed by atoms with van der Waals surface area (Å²) in [5, 5.41) is 0. The average Bonchev–Trinajstić information content (AvgIpc) is 2.76. The molecule has 1 unspecified atom stereocenters. The van der Waals surface area contributed by atoms with E-state index >= 15 is 0 Å². The second-order valence-corrected chi connectivity index (χ2v) is 7.74. The van der Waals surface area contributed by atoms with Crippen molar-refractivity contribution in [2.24, 2.45) is 0 Å². The molecule has 3 rings (SSSR count). The Labute approximate surface area is 147 Å². The summed E-state index contributed by atoms with van der Waals surface area (Å²) in [5.41, 5.74) is 2.66. The van der Waals surface area contributed by atoms with Crippen molar-refractivity contribution in [2.45, 2.75) is 70.9 Å². The average molecular weight is 329 g/mol. The minimum Gasteiger partial charge on any atom is -0.333 e. The highest BCUT2D eigenvalue weighted by Crippen LogP contribution is 2.40. The van der Waals surface area contributed by atoms with Crippen LogP contribution in [0.1, 0.15) is 63.0 Å². The van der Waals surface area contributed by atoms with E-state index in [1.807, 2.05) is 0 Å². The van der Waals surface area contributed by atoms with E-state index in [-0.39, 0.29) is 5.54 Å². The van der Waals surface area contributed by atoms with Crippen LogP contribution in [0.15, 0.2) is 24.3 Å². The van der Waals surface area contributed by atoms with E-state index in [2.05, 4.69) is 47.9 Å². The smallest absolute Gasteiger partial charge is 0.223 e. The fourth-order valence-corrected chi connectivity index (χ4v) is 4.37. The second-order valence-electron chi connectivity index (χ2n) is 7.74. The summed E-state index contributed by atoms with van der Waals surface area (Å²) in [4.78, 5) is 17.4. The lowest BCUT2D eigenvalue weighted by Gasteiger charge is -2.38. The van der Waals surface area contributed by atoms with Gasteiger partial charge in [-0.2, -0.15) is 0 Å². The summed E-state index contributed by atoms with van der Waals surface area (Å²) in [6.07, 6.45) is 7.89. The van der Waals surface area contributed by atoms with Crippen molar-refractivity contribution in [3.8, 4) is 0 Å². The summed E-state index contributed by atoms with van der Waals surface area (Å²) in [6, 6.07) is 8.67. The molecule has 132 valence electrons. The van der Waals surface area contributed by atoms with Crippen molar-refractivity contribution in [3.63, 3.8) is 0 Å². The van der Waals surface area contributed by atoms with Crippen molar-refractivity contribution in [2.75, 3.05) is 19.6 Å². The number of unbranched alkanes of at least 4 members (excludes halogenated alkanes) is 1. The Balaban J connectivity index is 1.70. The van der Waals surface area contributed by atoms with Gasteiger partial charge in [-0.25, -0.2) is 0 Å². The second kappa shape index (κ2) is 7.69. The van der Waals surface area contributed by atoms with E-state index in [1.54, 1.807) is 0 Å². The SMILES string of the molecule is CCCCN1CCCC2(CCC(=O)N2Cc2ccc(C)cc2)CC1. The normalized spacial score (nSPS) is 25.4. The van der Waals surface area contributed by atoms with Crippen LogP contribution in [0.25, 0.3) is 0 Å². The largest absolute Gasteiger partial charge is 0.333 e. The molecule has 0 N–H and O–H groups in total. The number of aryl methyl sites for hydroxylation is 1. The number of rotatable bonds is 5. The monoisotopic (exact) mass is 328 g/mol. The van der Waals surface area contributed by atoms with Gasteiger partial charge in [-0.05, 0) is 57.7 Å². The molecule has 1 aromatic carbocycles. The van der Waals surface area contributed by atoms with Crippen LogP contribution < -0.4 is 0 Å². The standard InChI is InChI=1S/C21H32N2O/c1-3-4-14-22-15-5-11-21(13-16-22)12-10-20(24)23(21)17-19-8-6-18(2)7-9-19/h6-9H,3-5,10-17H2,1-2H3. The molecule has 2 aliphatic rings. The summed E-state index contributed by atoms with van der Waals surface area (Å²) < 4.78 is 0. The van der Waals surface area contributed by atoms with Crippen molar-refractivity contribution in [3.05, 3.63) is 35.4 Å². The lowest BCUT2D eigenvalue weighted by atomic mass is 9.87. The van der Waals surface area contributed by atoms with Gasteiger partial charge in [-0.3, -0.25) is 4.79 Å². The lowest BCUT2D eigenvalue weighted by Crippen LogP contribution is -2.46. The molecule has 2 fully saturated rings. The van der Waals surface area contributed by atoms with Crippen molar-refractivity contribution < 1.29 is 4.79 Å². The molecule has 2 saturated heterocycles. The predicted octanol–water partition coefficient (Wildman–Crippen LogP) is 4.14. The van der Waals surface area contributed by atoms with E-state index < -0.39 is 0 Å². The number of benzene rings is 1. The van der Waals surface area contributed by atoms with Crippen LogP contribution in [-0.4, -0.2) is 40.9 Å². The maximum absolute atomic E-state index is 12.6. The first-order chi connectivity index (χ1) is 11.6. The van der Waals surface area contributed by atoms with Gasteiger partial charge in [-0.15, -0.1) is 0 Å². The number of nitrogens with zero attached hydrogens (tertiary/aromatic N) is 2. The van der Waals surface area contributed by atoms with Crippen LogP contribution in [0.4, 0.5) is 0 Å². The van der Waals surface area contributed by atoms with E-state index in [0.717, 1.165) is 32.4 Å². The first-order valence-corrected chi connectivity index (χ1v) is 9.71. The number of hydrogen-bond donors (Lipinski definition) is 0. The highest BCUT2D eigenvalue weighted by atomic mass is 16.2. The molecule has 2 aliphatic heterocycles. The maximum Gasteiger partial charge on any atom is 0.223 e. The molecule has 2 heterocycles. The number of likely N-dealkylation sites (tertiary alicyclic amines) is 2. The number of carbonyl (C=O) groups is 1. The third kappa shape index (κ3) is 3.83. The molecule has 0 saturated carbocycles. The number of carbonyl (C=O) groups excluding carboxylic acids is 1. The summed E-state index contributed by atoms with van der Waals surface area (Å²) in [5.74, 6) is 0.359. The van der Waals surface area contributed by atoms with E-state index in [9.17, 15) is 4.79 Å². The quantitative estimate of drug-likeness (QED) is 0.811.